The van der Waals surface area contributed by atoms with Crippen LogP contribution in [0.1, 0.15) is 41.5 Å². The molecule has 0 radical (unpaired) electrons. The van der Waals surface area contributed by atoms with E-state index in [1.54, 1.807) is 0 Å². The topological polar surface area (TPSA) is 52.6 Å². The third kappa shape index (κ3) is 4.86. The molecule has 0 saturated heterocycles. The molecule has 0 spiro atoms. The predicted octanol–water partition coefficient (Wildman–Crippen LogP) is 2.16. The molecule has 0 aromatic heterocycles. The van der Waals surface area contributed by atoms with Gasteiger partial charge in [0.1, 0.15) is 0 Å². The monoisotopic (exact) mass is 230 g/mol. The van der Waals surface area contributed by atoms with Gasteiger partial charge in [-0.3, -0.25) is 9.59 Å². The van der Waals surface area contributed by atoms with E-state index in [-0.39, 0.29) is 23.4 Å². The van der Waals surface area contributed by atoms with Gasteiger partial charge in [-0.15, -0.1) is 0 Å². The first-order valence-electron chi connectivity index (χ1n) is 5.60. The molecular formula is C12H22O4. The molecule has 0 aliphatic carbocycles. The van der Waals surface area contributed by atoms with Crippen LogP contribution in [0.5, 0.6) is 0 Å². The Labute approximate surface area is 97.2 Å². The molecule has 16 heavy (non-hydrogen) atoms. The van der Waals surface area contributed by atoms with Gasteiger partial charge >= 0.3 is 0 Å². The summed E-state index contributed by atoms with van der Waals surface area (Å²) in [6, 6.07) is 0. The fourth-order valence-corrected chi connectivity index (χ4v) is 1.42. The molecule has 0 fully saturated rings. The molecule has 0 aliphatic rings. The normalized spacial score (nSPS) is 15.2. The zero-order chi connectivity index (χ0) is 12.9. The molecule has 4 nitrogen and oxygen atoms in total. The molecule has 0 heterocycles. The Morgan fingerprint density at radius 3 is 1.12 bits per heavy atom. The van der Waals surface area contributed by atoms with Gasteiger partial charge in [0, 0.05) is 0 Å². The minimum Gasteiger partial charge on any atom is -0.297 e. The number of Topliss-reactive ketones (excluding diaryl/α,β-unsaturated/α-hetero) is 2. The molecule has 0 aromatic carbocycles. The van der Waals surface area contributed by atoms with Crippen molar-refractivity contribution in [2.24, 2.45) is 11.8 Å². The maximum Gasteiger partial charge on any atom is 0.162 e. The van der Waals surface area contributed by atoms with Crippen LogP contribution in [0.3, 0.4) is 0 Å². The summed E-state index contributed by atoms with van der Waals surface area (Å²) in [6.45, 7) is 10.4. The van der Waals surface area contributed by atoms with Gasteiger partial charge in [-0.05, 0) is 25.7 Å². The standard InChI is InChI=1S/C12H22O4/c1-7(2)11(9(5)13)15-16-12(8(3)4)10(6)14/h7-8,11-12H,1-6H3. The second kappa shape index (κ2) is 6.76. The average Bonchev–Trinajstić information content (AvgIpc) is 2.09. The Morgan fingerprint density at radius 1 is 0.750 bits per heavy atom. The largest absolute Gasteiger partial charge is 0.297 e. The Hall–Kier alpha value is -0.740. The average molecular weight is 230 g/mol. The molecule has 4 heteroatoms. The predicted molar refractivity (Wildman–Crippen MR) is 60.8 cm³/mol. The molecule has 2 unspecified atom stereocenters. The van der Waals surface area contributed by atoms with Crippen molar-refractivity contribution in [3.05, 3.63) is 0 Å². The van der Waals surface area contributed by atoms with Crippen molar-refractivity contribution in [2.75, 3.05) is 0 Å². The van der Waals surface area contributed by atoms with Crippen LogP contribution in [0.25, 0.3) is 0 Å². The lowest BCUT2D eigenvalue weighted by Crippen LogP contribution is -2.34. The summed E-state index contributed by atoms with van der Waals surface area (Å²) in [6.07, 6.45) is -1.22. The van der Waals surface area contributed by atoms with Gasteiger partial charge in [0.25, 0.3) is 0 Å². The van der Waals surface area contributed by atoms with Gasteiger partial charge in [-0.25, -0.2) is 9.78 Å². The highest BCUT2D eigenvalue weighted by molar-refractivity contribution is 5.81. The van der Waals surface area contributed by atoms with Gasteiger partial charge in [-0.2, -0.15) is 0 Å². The van der Waals surface area contributed by atoms with Crippen LogP contribution >= 0.6 is 0 Å². The van der Waals surface area contributed by atoms with E-state index in [2.05, 4.69) is 0 Å². The van der Waals surface area contributed by atoms with Crippen molar-refractivity contribution in [3.8, 4) is 0 Å². The quantitative estimate of drug-likeness (QED) is 0.497. The number of hydrogen-bond donors (Lipinski definition) is 0. The smallest absolute Gasteiger partial charge is 0.162 e. The fraction of sp³-hybridized carbons (Fsp3) is 0.833. The molecule has 0 saturated carbocycles. The summed E-state index contributed by atoms with van der Waals surface area (Å²) in [5.41, 5.74) is 0. The fourth-order valence-electron chi connectivity index (χ4n) is 1.42. The number of carbonyl (C=O) groups excluding carboxylic acids is 2. The highest BCUT2D eigenvalue weighted by Gasteiger charge is 2.26. The van der Waals surface area contributed by atoms with Crippen LogP contribution in [-0.2, 0) is 19.4 Å². The molecule has 0 N–H and O–H groups in total. The second-order valence-electron chi connectivity index (χ2n) is 4.74. The summed E-state index contributed by atoms with van der Waals surface area (Å²) >= 11 is 0. The Kier molecular flexibility index (Phi) is 6.45. The maximum atomic E-state index is 11.2. The van der Waals surface area contributed by atoms with E-state index in [9.17, 15) is 9.59 Å². The van der Waals surface area contributed by atoms with Crippen molar-refractivity contribution >= 4 is 11.6 Å². The van der Waals surface area contributed by atoms with Crippen LogP contribution in [0.4, 0.5) is 0 Å². The second-order valence-corrected chi connectivity index (χ2v) is 4.74. The molecule has 94 valence electrons. The first kappa shape index (κ1) is 15.3. The molecule has 0 aliphatic heterocycles. The van der Waals surface area contributed by atoms with E-state index in [0.717, 1.165) is 0 Å². The molecule has 0 aromatic rings. The van der Waals surface area contributed by atoms with E-state index in [4.69, 9.17) is 9.78 Å². The molecule has 0 bridgehead atoms. The van der Waals surface area contributed by atoms with Gasteiger partial charge < -0.3 is 0 Å². The summed E-state index contributed by atoms with van der Waals surface area (Å²) < 4.78 is 0. The first-order chi connectivity index (χ1) is 7.27. The minimum absolute atomic E-state index is 0.0253. The minimum atomic E-state index is -0.611. The van der Waals surface area contributed by atoms with Crippen LogP contribution in [0.15, 0.2) is 0 Å². The summed E-state index contributed by atoms with van der Waals surface area (Å²) in [4.78, 5) is 32.7. The molecule has 0 amide bonds. The van der Waals surface area contributed by atoms with Crippen molar-refractivity contribution in [1.82, 2.24) is 0 Å². The van der Waals surface area contributed by atoms with E-state index in [1.165, 1.54) is 13.8 Å². The Morgan fingerprint density at radius 2 is 1.00 bits per heavy atom. The first-order valence-corrected chi connectivity index (χ1v) is 5.60. The maximum absolute atomic E-state index is 11.2. The van der Waals surface area contributed by atoms with E-state index in [1.807, 2.05) is 27.7 Å². The zero-order valence-corrected chi connectivity index (χ0v) is 10.9. The van der Waals surface area contributed by atoms with Crippen molar-refractivity contribution in [2.45, 2.75) is 53.8 Å². The lowest BCUT2D eigenvalue weighted by Gasteiger charge is -2.22. The van der Waals surface area contributed by atoms with Gasteiger partial charge in [0.15, 0.2) is 23.8 Å². The lowest BCUT2D eigenvalue weighted by molar-refractivity contribution is -0.346. The number of carbonyl (C=O) groups is 2. The van der Waals surface area contributed by atoms with E-state index >= 15 is 0 Å². The molecular weight excluding hydrogens is 208 g/mol. The summed E-state index contributed by atoms with van der Waals surface area (Å²) in [5.74, 6) is -0.142. The highest BCUT2D eigenvalue weighted by Crippen LogP contribution is 2.13. The van der Waals surface area contributed by atoms with Crippen LogP contribution < -0.4 is 0 Å². The van der Waals surface area contributed by atoms with E-state index in [0.29, 0.717) is 0 Å². The van der Waals surface area contributed by atoms with Gasteiger partial charge in [-0.1, -0.05) is 27.7 Å². The van der Waals surface area contributed by atoms with Gasteiger partial charge in [0.2, 0.25) is 0 Å². The number of rotatable bonds is 7. The number of ketones is 2. The van der Waals surface area contributed by atoms with Crippen molar-refractivity contribution < 1.29 is 19.4 Å². The third-order valence-electron chi connectivity index (χ3n) is 2.28. The Balaban J connectivity index is 4.38. The third-order valence-corrected chi connectivity index (χ3v) is 2.28. The van der Waals surface area contributed by atoms with E-state index < -0.39 is 12.2 Å². The number of hydrogen-bond acceptors (Lipinski definition) is 4. The SMILES string of the molecule is CC(=O)C(OOC(C(C)=O)C(C)C)C(C)C. The van der Waals surface area contributed by atoms with Crippen LogP contribution in [-0.4, -0.2) is 23.8 Å². The highest BCUT2D eigenvalue weighted by atomic mass is 17.2. The lowest BCUT2D eigenvalue weighted by atomic mass is 10.0. The van der Waals surface area contributed by atoms with Crippen molar-refractivity contribution in [1.29, 1.82) is 0 Å². The van der Waals surface area contributed by atoms with Gasteiger partial charge in [0.05, 0.1) is 0 Å². The van der Waals surface area contributed by atoms with Crippen LogP contribution in [0, 0.1) is 11.8 Å². The summed E-state index contributed by atoms with van der Waals surface area (Å²) in [7, 11) is 0. The molecule has 2 atom stereocenters. The summed E-state index contributed by atoms with van der Waals surface area (Å²) in [5, 5.41) is 0. The van der Waals surface area contributed by atoms with Crippen molar-refractivity contribution in [3.63, 3.8) is 0 Å². The zero-order valence-electron chi connectivity index (χ0n) is 10.9. The molecule has 0 rings (SSSR count). The van der Waals surface area contributed by atoms with Crippen LogP contribution in [0.2, 0.25) is 0 Å². The Bertz CT molecular complexity index is 219.